The summed E-state index contributed by atoms with van der Waals surface area (Å²) in [5, 5.41) is 14.6. The highest BCUT2D eigenvalue weighted by molar-refractivity contribution is 7.99. The van der Waals surface area contributed by atoms with Crippen molar-refractivity contribution >= 4 is 11.8 Å². The zero-order chi connectivity index (χ0) is 12.1. The molecule has 0 saturated carbocycles. The molecule has 0 unspecified atom stereocenters. The quantitative estimate of drug-likeness (QED) is 0.827. The summed E-state index contributed by atoms with van der Waals surface area (Å²) in [6, 6.07) is 12.0. The van der Waals surface area contributed by atoms with E-state index in [-0.39, 0.29) is 6.10 Å². The molecule has 17 heavy (non-hydrogen) atoms. The molecule has 0 bridgehead atoms. The van der Waals surface area contributed by atoms with Crippen LogP contribution in [0.15, 0.2) is 47.6 Å². The second-order valence-electron chi connectivity index (χ2n) is 3.92. The van der Waals surface area contributed by atoms with Gasteiger partial charge in [-0.15, -0.1) is 11.8 Å². The standard InChI is InChI=1S/C13H16N2OS/c1-11(16)8-10-17-13-7-9-15(14-13)12-5-3-2-4-6-12/h2-7,9,11,16H,8,10H2,1H3/t11-/m0/s1. The highest BCUT2D eigenvalue weighted by Crippen LogP contribution is 2.18. The monoisotopic (exact) mass is 248 g/mol. The normalized spacial score (nSPS) is 12.6. The van der Waals surface area contributed by atoms with Crippen LogP contribution in [-0.4, -0.2) is 26.7 Å². The van der Waals surface area contributed by atoms with E-state index in [9.17, 15) is 5.11 Å². The molecule has 2 rings (SSSR count). The molecule has 1 heterocycles. The van der Waals surface area contributed by atoms with Gasteiger partial charge in [-0.1, -0.05) is 18.2 Å². The van der Waals surface area contributed by atoms with Gasteiger partial charge in [-0.2, -0.15) is 5.10 Å². The topological polar surface area (TPSA) is 38.0 Å². The number of aliphatic hydroxyl groups excluding tert-OH is 1. The van der Waals surface area contributed by atoms with Gasteiger partial charge in [0.1, 0.15) is 5.03 Å². The van der Waals surface area contributed by atoms with E-state index in [1.54, 1.807) is 11.8 Å². The summed E-state index contributed by atoms with van der Waals surface area (Å²) in [7, 11) is 0. The Bertz CT molecular complexity index is 453. The molecular weight excluding hydrogens is 232 g/mol. The molecule has 0 radical (unpaired) electrons. The van der Waals surface area contributed by atoms with E-state index in [4.69, 9.17) is 0 Å². The maximum Gasteiger partial charge on any atom is 0.119 e. The van der Waals surface area contributed by atoms with E-state index in [1.165, 1.54) is 0 Å². The van der Waals surface area contributed by atoms with E-state index in [1.807, 2.05) is 54.2 Å². The molecular formula is C13H16N2OS. The van der Waals surface area contributed by atoms with Gasteiger partial charge in [0.25, 0.3) is 0 Å². The largest absolute Gasteiger partial charge is 0.393 e. The molecule has 1 aromatic carbocycles. The number of para-hydroxylation sites is 1. The third kappa shape index (κ3) is 3.61. The van der Waals surface area contributed by atoms with Crippen LogP contribution in [0.5, 0.6) is 0 Å². The van der Waals surface area contributed by atoms with Crippen LogP contribution in [0.2, 0.25) is 0 Å². The first kappa shape index (κ1) is 12.2. The van der Waals surface area contributed by atoms with Crippen molar-refractivity contribution in [2.75, 3.05) is 5.75 Å². The Hall–Kier alpha value is -1.26. The third-order valence-corrected chi connectivity index (χ3v) is 3.32. The van der Waals surface area contributed by atoms with Crippen LogP contribution in [0.25, 0.3) is 5.69 Å². The molecule has 1 N–H and O–H groups in total. The van der Waals surface area contributed by atoms with Crippen LogP contribution < -0.4 is 0 Å². The molecule has 0 spiro atoms. The van der Waals surface area contributed by atoms with E-state index in [0.717, 1.165) is 22.9 Å². The first-order valence-corrected chi connectivity index (χ1v) is 6.66. The number of aromatic nitrogens is 2. The Morgan fingerprint density at radius 1 is 1.29 bits per heavy atom. The fraction of sp³-hybridized carbons (Fsp3) is 0.308. The molecule has 0 amide bonds. The Kier molecular flexibility index (Phi) is 4.23. The minimum atomic E-state index is -0.237. The van der Waals surface area contributed by atoms with Crippen molar-refractivity contribution in [3.8, 4) is 5.69 Å². The number of thioether (sulfide) groups is 1. The summed E-state index contributed by atoms with van der Waals surface area (Å²) in [5.41, 5.74) is 1.06. The molecule has 0 saturated heterocycles. The van der Waals surface area contributed by atoms with Crippen LogP contribution in [0.1, 0.15) is 13.3 Å². The van der Waals surface area contributed by atoms with Crippen LogP contribution in [0, 0.1) is 0 Å². The van der Waals surface area contributed by atoms with Crippen LogP contribution in [0.4, 0.5) is 0 Å². The summed E-state index contributed by atoms with van der Waals surface area (Å²) >= 11 is 1.67. The number of hydrogen-bond acceptors (Lipinski definition) is 3. The average Bonchev–Trinajstić information content (AvgIpc) is 2.78. The maximum absolute atomic E-state index is 9.17. The molecule has 4 heteroatoms. The lowest BCUT2D eigenvalue weighted by Crippen LogP contribution is -2.00. The van der Waals surface area contributed by atoms with Crippen molar-refractivity contribution in [2.45, 2.75) is 24.5 Å². The van der Waals surface area contributed by atoms with E-state index >= 15 is 0 Å². The number of benzene rings is 1. The minimum absolute atomic E-state index is 0.237. The van der Waals surface area contributed by atoms with Crippen LogP contribution >= 0.6 is 11.8 Å². The SMILES string of the molecule is C[C@H](O)CCSc1ccn(-c2ccccc2)n1. The van der Waals surface area contributed by atoms with Crippen LogP contribution in [0.3, 0.4) is 0 Å². The second kappa shape index (κ2) is 5.89. The highest BCUT2D eigenvalue weighted by Gasteiger charge is 2.02. The Morgan fingerprint density at radius 2 is 2.06 bits per heavy atom. The van der Waals surface area contributed by atoms with Gasteiger partial charge < -0.3 is 5.11 Å². The predicted molar refractivity (Wildman–Crippen MR) is 70.6 cm³/mol. The van der Waals surface area contributed by atoms with Crippen molar-refractivity contribution in [3.05, 3.63) is 42.6 Å². The molecule has 0 aliphatic rings. The summed E-state index contributed by atoms with van der Waals surface area (Å²) in [6.07, 6.45) is 2.52. The summed E-state index contributed by atoms with van der Waals surface area (Å²) in [4.78, 5) is 0. The van der Waals surface area contributed by atoms with E-state index in [0.29, 0.717) is 0 Å². The fourth-order valence-electron chi connectivity index (χ4n) is 1.44. The number of aliphatic hydroxyl groups is 1. The van der Waals surface area contributed by atoms with Crippen molar-refractivity contribution in [3.63, 3.8) is 0 Å². The first-order chi connectivity index (χ1) is 8.25. The Labute approximate surface area is 105 Å². The van der Waals surface area contributed by atoms with Gasteiger partial charge in [0, 0.05) is 11.9 Å². The Balaban J connectivity index is 1.97. The molecule has 0 fully saturated rings. The molecule has 1 atom stereocenters. The van der Waals surface area contributed by atoms with Gasteiger partial charge in [0.15, 0.2) is 0 Å². The smallest absolute Gasteiger partial charge is 0.119 e. The van der Waals surface area contributed by atoms with Crippen molar-refractivity contribution in [1.29, 1.82) is 0 Å². The van der Waals surface area contributed by atoms with Gasteiger partial charge in [-0.3, -0.25) is 0 Å². The Morgan fingerprint density at radius 3 is 2.76 bits per heavy atom. The number of rotatable bonds is 5. The molecule has 3 nitrogen and oxygen atoms in total. The highest BCUT2D eigenvalue weighted by atomic mass is 32.2. The van der Waals surface area contributed by atoms with Gasteiger partial charge in [0.2, 0.25) is 0 Å². The third-order valence-electron chi connectivity index (χ3n) is 2.37. The maximum atomic E-state index is 9.17. The molecule has 2 aromatic rings. The summed E-state index contributed by atoms with van der Waals surface area (Å²) in [5.74, 6) is 0.892. The van der Waals surface area contributed by atoms with Crippen molar-refractivity contribution in [1.82, 2.24) is 9.78 Å². The molecule has 90 valence electrons. The van der Waals surface area contributed by atoms with Crippen molar-refractivity contribution in [2.24, 2.45) is 0 Å². The van der Waals surface area contributed by atoms with E-state index < -0.39 is 0 Å². The van der Waals surface area contributed by atoms with Gasteiger partial charge in [-0.05, 0) is 31.5 Å². The van der Waals surface area contributed by atoms with Crippen molar-refractivity contribution < 1.29 is 5.11 Å². The molecule has 0 aliphatic carbocycles. The number of hydrogen-bond donors (Lipinski definition) is 1. The summed E-state index contributed by atoms with van der Waals surface area (Å²) < 4.78 is 1.87. The van der Waals surface area contributed by atoms with Gasteiger partial charge in [-0.25, -0.2) is 4.68 Å². The zero-order valence-corrected chi connectivity index (χ0v) is 10.6. The van der Waals surface area contributed by atoms with Gasteiger partial charge >= 0.3 is 0 Å². The van der Waals surface area contributed by atoms with Gasteiger partial charge in [0.05, 0.1) is 11.8 Å². The minimum Gasteiger partial charge on any atom is -0.393 e. The molecule has 1 aromatic heterocycles. The zero-order valence-electron chi connectivity index (χ0n) is 9.78. The fourth-order valence-corrected chi connectivity index (χ4v) is 2.41. The van der Waals surface area contributed by atoms with E-state index in [2.05, 4.69) is 5.10 Å². The lowest BCUT2D eigenvalue weighted by molar-refractivity contribution is 0.192. The summed E-state index contributed by atoms with van der Waals surface area (Å²) in [6.45, 7) is 1.81. The second-order valence-corrected chi connectivity index (χ2v) is 5.04. The van der Waals surface area contributed by atoms with Crippen LogP contribution in [-0.2, 0) is 0 Å². The predicted octanol–water partition coefficient (Wildman–Crippen LogP) is 2.74. The first-order valence-electron chi connectivity index (χ1n) is 5.67. The lowest BCUT2D eigenvalue weighted by atomic mass is 10.3. The lowest BCUT2D eigenvalue weighted by Gasteiger charge is -2.02. The average molecular weight is 248 g/mol. The molecule has 0 aliphatic heterocycles. The number of nitrogens with zero attached hydrogens (tertiary/aromatic N) is 2.